The van der Waals surface area contributed by atoms with E-state index in [1.54, 1.807) is 0 Å². The number of hydrogen-bond acceptors (Lipinski definition) is 2. The van der Waals surface area contributed by atoms with E-state index in [0.29, 0.717) is 4.99 Å². The highest BCUT2D eigenvalue weighted by atomic mass is 32.1. The lowest BCUT2D eigenvalue weighted by molar-refractivity contribution is 0.580. The summed E-state index contributed by atoms with van der Waals surface area (Å²) >= 11 is 5.08. The van der Waals surface area contributed by atoms with Gasteiger partial charge in [0.1, 0.15) is 4.99 Å². The normalized spacial score (nSPS) is 16.1. The van der Waals surface area contributed by atoms with Crippen molar-refractivity contribution in [2.45, 2.75) is 32.6 Å². The van der Waals surface area contributed by atoms with Gasteiger partial charge in [-0.2, -0.15) is 0 Å². The molecule has 2 rings (SSSR count). The molecule has 0 saturated heterocycles. The predicted molar refractivity (Wildman–Crippen MR) is 77.5 cm³/mol. The molecule has 0 aliphatic heterocycles. The Hall–Kier alpha value is -1.09. The molecule has 1 aromatic carbocycles. The fourth-order valence-corrected chi connectivity index (χ4v) is 2.67. The number of rotatable bonds is 4. The lowest BCUT2D eigenvalue weighted by Crippen LogP contribution is -2.16. The largest absolute Gasteiger partial charge is 0.389 e. The Morgan fingerprint density at radius 3 is 2.76 bits per heavy atom. The van der Waals surface area contributed by atoms with E-state index in [0.717, 1.165) is 23.7 Å². The van der Waals surface area contributed by atoms with Gasteiger partial charge in [-0.15, -0.1) is 0 Å². The summed E-state index contributed by atoms with van der Waals surface area (Å²) in [6.07, 6.45) is 5.45. The number of nitrogens with one attached hydrogen (secondary N) is 1. The Morgan fingerprint density at radius 1 is 1.41 bits per heavy atom. The van der Waals surface area contributed by atoms with Crippen molar-refractivity contribution in [3.63, 3.8) is 0 Å². The summed E-state index contributed by atoms with van der Waals surface area (Å²) in [5, 5.41) is 3.51. The summed E-state index contributed by atoms with van der Waals surface area (Å²) in [5.41, 5.74) is 9.02. The summed E-state index contributed by atoms with van der Waals surface area (Å²) in [5.74, 6) is 0.815. The van der Waals surface area contributed by atoms with Crippen molar-refractivity contribution < 1.29 is 0 Å². The molecule has 0 heterocycles. The SMILES string of the molecule is Cc1ccc(C(N)=S)c(NCC2CCCC2)c1. The van der Waals surface area contributed by atoms with E-state index < -0.39 is 0 Å². The molecule has 0 spiro atoms. The summed E-state index contributed by atoms with van der Waals surface area (Å²) in [6.45, 7) is 3.13. The summed E-state index contributed by atoms with van der Waals surface area (Å²) in [6, 6.07) is 6.19. The van der Waals surface area contributed by atoms with Gasteiger partial charge in [-0.25, -0.2) is 0 Å². The lowest BCUT2D eigenvalue weighted by Gasteiger charge is -2.15. The zero-order valence-corrected chi connectivity index (χ0v) is 11.1. The highest BCUT2D eigenvalue weighted by Crippen LogP contribution is 2.26. The molecule has 0 radical (unpaired) electrons. The van der Waals surface area contributed by atoms with E-state index in [1.165, 1.54) is 31.2 Å². The summed E-state index contributed by atoms with van der Waals surface area (Å²) in [4.78, 5) is 0.471. The van der Waals surface area contributed by atoms with Gasteiger partial charge in [0.2, 0.25) is 0 Å². The third kappa shape index (κ3) is 3.19. The van der Waals surface area contributed by atoms with Gasteiger partial charge in [0.25, 0.3) is 0 Å². The molecule has 0 unspecified atom stereocenters. The molecule has 3 N–H and O–H groups in total. The second-order valence-corrected chi connectivity index (χ2v) is 5.38. The first-order chi connectivity index (χ1) is 8.16. The zero-order chi connectivity index (χ0) is 12.3. The van der Waals surface area contributed by atoms with E-state index >= 15 is 0 Å². The van der Waals surface area contributed by atoms with Crippen LogP contribution in [0, 0.1) is 12.8 Å². The highest BCUT2D eigenvalue weighted by Gasteiger charge is 2.15. The topological polar surface area (TPSA) is 38.0 Å². The molecule has 92 valence electrons. The van der Waals surface area contributed by atoms with Gasteiger partial charge in [-0.1, -0.05) is 31.1 Å². The van der Waals surface area contributed by atoms with E-state index in [-0.39, 0.29) is 0 Å². The third-order valence-corrected chi connectivity index (χ3v) is 3.72. The van der Waals surface area contributed by atoms with Crippen molar-refractivity contribution in [2.24, 2.45) is 11.7 Å². The molecule has 17 heavy (non-hydrogen) atoms. The van der Waals surface area contributed by atoms with Crippen molar-refractivity contribution in [3.05, 3.63) is 29.3 Å². The quantitative estimate of drug-likeness (QED) is 0.803. The number of benzene rings is 1. The van der Waals surface area contributed by atoms with Crippen LogP contribution in [0.3, 0.4) is 0 Å². The van der Waals surface area contributed by atoms with Crippen molar-refractivity contribution in [1.82, 2.24) is 0 Å². The second kappa shape index (κ2) is 5.50. The molecular weight excluding hydrogens is 228 g/mol. The van der Waals surface area contributed by atoms with Crippen LogP contribution in [-0.2, 0) is 0 Å². The van der Waals surface area contributed by atoms with Gasteiger partial charge in [0.05, 0.1) is 0 Å². The van der Waals surface area contributed by atoms with Gasteiger partial charge in [-0.05, 0) is 43.4 Å². The number of anilines is 1. The standard InChI is InChI=1S/C14H20N2S/c1-10-6-7-12(14(15)17)13(8-10)16-9-11-4-2-3-5-11/h6-8,11,16H,2-5,9H2,1H3,(H2,15,17). The minimum Gasteiger partial charge on any atom is -0.389 e. The van der Waals surface area contributed by atoms with Gasteiger partial charge in [0, 0.05) is 17.8 Å². The van der Waals surface area contributed by atoms with Crippen LogP contribution in [0.1, 0.15) is 36.8 Å². The van der Waals surface area contributed by atoms with Crippen molar-refractivity contribution in [1.29, 1.82) is 0 Å². The average molecular weight is 248 g/mol. The van der Waals surface area contributed by atoms with Crippen LogP contribution in [0.4, 0.5) is 5.69 Å². The van der Waals surface area contributed by atoms with Crippen LogP contribution in [0.25, 0.3) is 0 Å². The Bertz CT molecular complexity index is 409. The number of nitrogens with two attached hydrogens (primary N) is 1. The van der Waals surface area contributed by atoms with E-state index in [9.17, 15) is 0 Å². The smallest absolute Gasteiger partial charge is 0.106 e. The van der Waals surface area contributed by atoms with Crippen LogP contribution in [0.15, 0.2) is 18.2 Å². The fourth-order valence-electron chi connectivity index (χ4n) is 2.49. The molecule has 1 aliphatic carbocycles. The summed E-state index contributed by atoms with van der Waals surface area (Å²) in [7, 11) is 0. The van der Waals surface area contributed by atoms with E-state index in [4.69, 9.17) is 18.0 Å². The molecule has 3 heteroatoms. The van der Waals surface area contributed by atoms with Crippen molar-refractivity contribution in [3.8, 4) is 0 Å². The second-order valence-electron chi connectivity index (χ2n) is 4.94. The Kier molecular flexibility index (Phi) is 4.00. The summed E-state index contributed by atoms with van der Waals surface area (Å²) < 4.78 is 0. The van der Waals surface area contributed by atoms with Crippen molar-refractivity contribution in [2.75, 3.05) is 11.9 Å². The zero-order valence-electron chi connectivity index (χ0n) is 10.3. The lowest BCUT2D eigenvalue weighted by atomic mass is 10.1. The Balaban J connectivity index is 2.07. The van der Waals surface area contributed by atoms with Crippen LogP contribution in [0.5, 0.6) is 0 Å². The first-order valence-corrected chi connectivity index (χ1v) is 6.72. The minimum absolute atomic E-state index is 0.471. The fraction of sp³-hybridized carbons (Fsp3) is 0.500. The van der Waals surface area contributed by atoms with Crippen molar-refractivity contribution >= 4 is 22.9 Å². The first-order valence-electron chi connectivity index (χ1n) is 6.31. The first kappa shape index (κ1) is 12.4. The maximum Gasteiger partial charge on any atom is 0.106 e. The maximum absolute atomic E-state index is 5.74. The van der Waals surface area contributed by atoms with Crippen LogP contribution in [0.2, 0.25) is 0 Å². The molecule has 1 aromatic rings. The minimum atomic E-state index is 0.471. The van der Waals surface area contributed by atoms with Crippen LogP contribution >= 0.6 is 12.2 Å². The molecule has 1 fully saturated rings. The van der Waals surface area contributed by atoms with Crippen LogP contribution in [-0.4, -0.2) is 11.5 Å². The molecule has 2 nitrogen and oxygen atoms in total. The Labute approximate surface area is 109 Å². The highest BCUT2D eigenvalue weighted by molar-refractivity contribution is 7.80. The third-order valence-electron chi connectivity index (χ3n) is 3.50. The molecule has 0 bridgehead atoms. The number of thiocarbonyl (C=S) groups is 1. The average Bonchev–Trinajstić information content (AvgIpc) is 2.78. The Morgan fingerprint density at radius 2 is 2.12 bits per heavy atom. The molecule has 1 saturated carbocycles. The maximum atomic E-state index is 5.74. The molecule has 0 amide bonds. The van der Waals surface area contributed by atoms with Gasteiger partial charge in [-0.3, -0.25) is 0 Å². The van der Waals surface area contributed by atoms with Gasteiger partial charge in [0.15, 0.2) is 0 Å². The van der Waals surface area contributed by atoms with E-state index in [1.807, 2.05) is 6.07 Å². The molecular formula is C14H20N2S. The van der Waals surface area contributed by atoms with Crippen LogP contribution < -0.4 is 11.1 Å². The molecule has 0 atom stereocenters. The molecule has 0 aromatic heterocycles. The van der Waals surface area contributed by atoms with Gasteiger partial charge < -0.3 is 11.1 Å². The number of aryl methyl sites for hydroxylation is 1. The predicted octanol–water partition coefficient (Wildman–Crippen LogP) is 3.23. The molecule has 1 aliphatic rings. The number of hydrogen-bond donors (Lipinski definition) is 2. The van der Waals surface area contributed by atoms with Gasteiger partial charge >= 0.3 is 0 Å². The van der Waals surface area contributed by atoms with E-state index in [2.05, 4.69) is 24.4 Å². The monoisotopic (exact) mass is 248 g/mol.